The Morgan fingerprint density at radius 1 is 0.417 bits per heavy atom. The third-order valence-electron chi connectivity index (χ3n) is 6.86. The van der Waals surface area contributed by atoms with E-state index >= 15 is 0 Å². The molecule has 2 heteroatoms. The highest BCUT2D eigenvalue weighted by molar-refractivity contribution is 6.06. The van der Waals surface area contributed by atoms with Gasteiger partial charge in [0, 0.05) is 33.9 Å². The third-order valence-corrected chi connectivity index (χ3v) is 6.86. The number of anilines is 3. The molecule has 0 amide bonds. The van der Waals surface area contributed by atoms with Gasteiger partial charge in [-0.25, -0.2) is 0 Å². The largest absolute Gasteiger partial charge is 0.456 e. The summed E-state index contributed by atoms with van der Waals surface area (Å²) >= 11 is 0. The summed E-state index contributed by atoms with van der Waals surface area (Å²) in [5.41, 5.74) is 7.51. The van der Waals surface area contributed by atoms with E-state index in [0.717, 1.165) is 39.0 Å². The van der Waals surface area contributed by atoms with E-state index in [1.54, 1.807) is 0 Å². The second-order valence-corrected chi connectivity index (χ2v) is 9.02. The number of para-hydroxylation sites is 2. The van der Waals surface area contributed by atoms with Crippen molar-refractivity contribution >= 4 is 49.8 Å². The van der Waals surface area contributed by atoms with Gasteiger partial charge < -0.3 is 9.32 Å². The van der Waals surface area contributed by atoms with Crippen molar-refractivity contribution in [2.24, 2.45) is 0 Å². The molecular weight excluding hydrogens is 438 g/mol. The molecule has 0 aliphatic carbocycles. The van der Waals surface area contributed by atoms with Crippen LogP contribution in [0.15, 0.2) is 144 Å². The minimum Gasteiger partial charge on any atom is -0.456 e. The number of hydrogen-bond donors (Lipinski definition) is 0. The van der Waals surface area contributed by atoms with Crippen LogP contribution in [0.25, 0.3) is 43.8 Å². The first-order valence-corrected chi connectivity index (χ1v) is 12.2. The maximum Gasteiger partial charge on any atom is 0.137 e. The molecule has 6 aromatic carbocycles. The van der Waals surface area contributed by atoms with Gasteiger partial charge in [0.05, 0.1) is 0 Å². The average Bonchev–Trinajstić information content (AvgIpc) is 3.32. The van der Waals surface area contributed by atoms with E-state index in [1.807, 2.05) is 18.2 Å². The topological polar surface area (TPSA) is 16.4 Å². The first-order chi connectivity index (χ1) is 17.8. The molecule has 2 nitrogen and oxygen atoms in total. The van der Waals surface area contributed by atoms with Gasteiger partial charge in [0.1, 0.15) is 11.2 Å². The fraction of sp³-hybridized carbons (Fsp3) is 0. The van der Waals surface area contributed by atoms with Crippen LogP contribution in [0.3, 0.4) is 0 Å². The molecule has 0 radical (unpaired) electrons. The van der Waals surface area contributed by atoms with Crippen molar-refractivity contribution in [3.8, 4) is 11.1 Å². The summed E-state index contributed by atoms with van der Waals surface area (Å²) in [6.07, 6.45) is 0. The summed E-state index contributed by atoms with van der Waals surface area (Å²) < 4.78 is 6.21. The van der Waals surface area contributed by atoms with Crippen LogP contribution in [-0.2, 0) is 0 Å². The highest BCUT2D eigenvalue weighted by Gasteiger charge is 2.15. The lowest BCUT2D eigenvalue weighted by Crippen LogP contribution is -2.09. The summed E-state index contributed by atoms with van der Waals surface area (Å²) in [6, 6.07) is 49.0. The third kappa shape index (κ3) is 3.43. The highest BCUT2D eigenvalue weighted by Crippen LogP contribution is 2.39. The molecule has 0 N–H and O–H groups in total. The number of rotatable bonds is 4. The Bertz CT molecular complexity index is 1830. The fourth-order valence-corrected chi connectivity index (χ4v) is 5.15. The van der Waals surface area contributed by atoms with E-state index in [2.05, 4.69) is 126 Å². The van der Waals surface area contributed by atoms with Crippen LogP contribution in [0.5, 0.6) is 0 Å². The maximum atomic E-state index is 6.21. The molecule has 0 saturated carbocycles. The molecule has 0 atom stereocenters. The van der Waals surface area contributed by atoms with Crippen LogP contribution in [0.2, 0.25) is 0 Å². The van der Waals surface area contributed by atoms with Gasteiger partial charge in [0.25, 0.3) is 0 Å². The number of hydrogen-bond acceptors (Lipinski definition) is 2. The molecule has 0 aliphatic heterocycles. The van der Waals surface area contributed by atoms with E-state index in [0.29, 0.717) is 0 Å². The molecule has 36 heavy (non-hydrogen) atoms. The molecule has 1 heterocycles. The lowest BCUT2D eigenvalue weighted by molar-refractivity contribution is 0.669. The van der Waals surface area contributed by atoms with Gasteiger partial charge >= 0.3 is 0 Å². The van der Waals surface area contributed by atoms with Gasteiger partial charge in [-0.15, -0.1) is 0 Å². The summed E-state index contributed by atoms with van der Waals surface area (Å²) in [5.74, 6) is 0. The second kappa shape index (κ2) is 8.44. The van der Waals surface area contributed by atoms with E-state index in [9.17, 15) is 0 Å². The number of fused-ring (bicyclic) bond motifs is 4. The van der Waals surface area contributed by atoms with Crippen molar-refractivity contribution in [1.82, 2.24) is 0 Å². The Hall–Kier alpha value is -4.82. The number of nitrogens with zero attached hydrogens (tertiary/aromatic N) is 1. The van der Waals surface area contributed by atoms with Crippen LogP contribution in [-0.4, -0.2) is 0 Å². The highest BCUT2D eigenvalue weighted by atomic mass is 16.3. The Morgan fingerprint density at radius 2 is 1.06 bits per heavy atom. The Morgan fingerprint density at radius 3 is 1.92 bits per heavy atom. The first-order valence-electron chi connectivity index (χ1n) is 12.2. The summed E-state index contributed by atoms with van der Waals surface area (Å²) in [4.78, 5) is 2.28. The van der Waals surface area contributed by atoms with Crippen molar-refractivity contribution in [3.63, 3.8) is 0 Å². The first kappa shape index (κ1) is 20.5. The van der Waals surface area contributed by atoms with Gasteiger partial charge in [-0.1, -0.05) is 91.0 Å². The minimum absolute atomic E-state index is 0.891. The van der Waals surface area contributed by atoms with Gasteiger partial charge in [-0.2, -0.15) is 0 Å². The molecule has 0 saturated heterocycles. The molecule has 170 valence electrons. The van der Waals surface area contributed by atoms with Gasteiger partial charge in [0.15, 0.2) is 0 Å². The lowest BCUT2D eigenvalue weighted by Gasteiger charge is -2.25. The minimum atomic E-state index is 0.891. The number of furan rings is 1. The molecule has 7 rings (SSSR count). The van der Waals surface area contributed by atoms with E-state index in [-0.39, 0.29) is 0 Å². The Balaban J connectivity index is 1.35. The monoisotopic (exact) mass is 461 g/mol. The van der Waals surface area contributed by atoms with E-state index in [4.69, 9.17) is 4.42 Å². The Labute approximate surface area is 209 Å². The standard InChI is InChI=1S/C34H23NO/c1-2-11-26(12-3-1)35(28-21-22-32-31-14-6-7-16-33(31)36-34(32)23-28)27-19-17-25(18-20-27)30-15-8-10-24-9-4-5-13-29(24)30/h1-23H. The van der Waals surface area contributed by atoms with Crippen molar-refractivity contribution in [1.29, 1.82) is 0 Å². The van der Waals surface area contributed by atoms with Crippen molar-refractivity contribution in [2.75, 3.05) is 4.90 Å². The maximum absolute atomic E-state index is 6.21. The van der Waals surface area contributed by atoms with Gasteiger partial charge in [0.2, 0.25) is 0 Å². The molecule has 0 spiro atoms. The summed E-state index contributed by atoms with van der Waals surface area (Å²) in [7, 11) is 0. The summed E-state index contributed by atoms with van der Waals surface area (Å²) in [6.45, 7) is 0. The van der Waals surface area contributed by atoms with Crippen LogP contribution in [0.4, 0.5) is 17.1 Å². The lowest BCUT2D eigenvalue weighted by atomic mass is 9.98. The fourth-order valence-electron chi connectivity index (χ4n) is 5.15. The second-order valence-electron chi connectivity index (χ2n) is 9.02. The van der Waals surface area contributed by atoms with Crippen LogP contribution in [0, 0.1) is 0 Å². The molecule has 0 aliphatic rings. The van der Waals surface area contributed by atoms with E-state index < -0.39 is 0 Å². The molecule has 0 bridgehead atoms. The zero-order valence-corrected chi connectivity index (χ0v) is 19.6. The average molecular weight is 462 g/mol. The smallest absolute Gasteiger partial charge is 0.137 e. The van der Waals surface area contributed by atoms with Crippen molar-refractivity contribution in [2.45, 2.75) is 0 Å². The normalized spacial score (nSPS) is 11.3. The summed E-state index contributed by atoms with van der Waals surface area (Å²) in [5, 5.41) is 4.80. The quantitative estimate of drug-likeness (QED) is 0.259. The van der Waals surface area contributed by atoms with Crippen LogP contribution < -0.4 is 4.90 Å². The van der Waals surface area contributed by atoms with E-state index in [1.165, 1.54) is 21.9 Å². The van der Waals surface area contributed by atoms with Crippen LogP contribution in [0.1, 0.15) is 0 Å². The SMILES string of the molecule is c1ccc(N(c2ccc(-c3cccc4ccccc34)cc2)c2ccc3c(c2)oc2ccccc23)cc1. The number of benzene rings is 6. The molecule has 0 unspecified atom stereocenters. The molecule has 1 aromatic heterocycles. The zero-order chi connectivity index (χ0) is 23.9. The Kier molecular flexibility index (Phi) is 4.82. The molecule has 0 fully saturated rings. The molecule has 7 aromatic rings. The predicted octanol–water partition coefficient (Wildman–Crippen LogP) is 9.88. The molecular formula is C34H23NO. The van der Waals surface area contributed by atoms with Gasteiger partial charge in [-0.3, -0.25) is 0 Å². The van der Waals surface area contributed by atoms with Crippen LogP contribution >= 0.6 is 0 Å². The zero-order valence-electron chi connectivity index (χ0n) is 19.6. The van der Waals surface area contributed by atoms with Crippen molar-refractivity contribution < 1.29 is 4.42 Å². The van der Waals surface area contributed by atoms with Crippen molar-refractivity contribution in [3.05, 3.63) is 140 Å². The predicted molar refractivity (Wildman–Crippen MR) is 151 cm³/mol. The van der Waals surface area contributed by atoms with Gasteiger partial charge in [-0.05, 0) is 64.4 Å².